The number of hydrogen-bond donors (Lipinski definition) is 1. The largest absolute Gasteiger partial charge is 0.493 e. The van der Waals surface area contributed by atoms with E-state index in [1.54, 1.807) is 0 Å². The predicted molar refractivity (Wildman–Crippen MR) is 116 cm³/mol. The van der Waals surface area contributed by atoms with Gasteiger partial charge in [0.1, 0.15) is 23.0 Å². The van der Waals surface area contributed by atoms with E-state index in [2.05, 4.69) is 52.5 Å². The fourth-order valence-electron chi connectivity index (χ4n) is 3.25. The third kappa shape index (κ3) is 4.99. The van der Waals surface area contributed by atoms with Crippen LogP contribution in [0.25, 0.3) is 0 Å². The Morgan fingerprint density at radius 3 is 1.96 bits per heavy atom. The predicted octanol–water partition coefficient (Wildman–Crippen LogP) is 5.91. The number of ether oxygens (including phenoxy) is 3. The lowest BCUT2D eigenvalue weighted by atomic mass is 9.76. The van der Waals surface area contributed by atoms with Gasteiger partial charge in [-0.25, -0.2) is 0 Å². The average Bonchev–Trinajstić information content (AvgIpc) is 2.68. The lowest BCUT2D eigenvalue weighted by Gasteiger charge is -2.34. The summed E-state index contributed by atoms with van der Waals surface area (Å²) in [6.45, 7) is 12.4. The molecule has 0 saturated heterocycles. The molecule has 0 atom stereocenters. The second-order valence-corrected chi connectivity index (χ2v) is 7.95. The van der Waals surface area contributed by atoms with Gasteiger partial charge < -0.3 is 19.9 Å². The zero-order valence-corrected chi connectivity index (χ0v) is 18.2. The number of benzene rings is 2. The molecule has 0 aliphatic carbocycles. The van der Waals surface area contributed by atoms with Gasteiger partial charge >= 0.3 is 0 Å². The van der Waals surface area contributed by atoms with Crippen LogP contribution in [0.3, 0.4) is 0 Å². The Morgan fingerprint density at radius 2 is 1.46 bits per heavy atom. The highest BCUT2D eigenvalue weighted by Crippen LogP contribution is 2.49. The minimum atomic E-state index is -0.124. The van der Waals surface area contributed by atoms with Crippen LogP contribution in [0.4, 0.5) is 0 Å². The summed E-state index contributed by atoms with van der Waals surface area (Å²) >= 11 is 0. The Hall–Kier alpha value is -2.20. The van der Waals surface area contributed by atoms with Crippen molar-refractivity contribution in [3.8, 4) is 23.0 Å². The quantitative estimate of drug-likeness (QED) is 0.602. The van der Waals surface area contributed by atoms with Crippen molar-refractivity contribution < 1.29 is 14.2 Å². The van der Waals surface area contributed by atoms with Gasteiger partial charge in [-0.15, -0.1) is 0 Å². The van der Waals surface area contributed by atoms with Crippen LogP contribution >= 0.6 is 0 Å². The molecule has 0 bridgehead atoms. The van der Waals surface area contributed by atoms with Crippen LogP contribution in [-0.4, -0.2) is 20.3 Å². The highest BCUT2D eigenvalue weighted by Gasteiger charge is 2.34. The van der Waals surface area contributed by atoms with Gasteiger partial charge in [0.05, 0.1) is 13.2 Å². The molecular formula is C24H35NO3. The van der Waals surface area contributed by atoms with Gasteiger partial charge in [-0.05, 0) is 31.5 Å². The topological polar surface area (TPSA) is 53.7 Å². The maximum Gasteiger partial charge on any atom is 0.135 e. The summed E-state index contributed by atoms with van der Waals surface area (Å²) in [5.41, 5.74) is 6.74. The minimum Gasteiger partial charge on any atom is -0.493 e. The first-order valence-electron chi connectivity index (χ1n) is 10.2. The molecule has 1 aliphatic heterocycles. The second-order valence-electron chi connectivity index (χ2n) is 7.95. The molecule has 0 spiro atoms. The summed E-state index contributed by atoms with van der Waals surface area (Å²) in [6, 6.07) is 12.4. The molecule has 1 aliphatic rings. The first kappa shape index (κ1) is 22.1. The second kappa shape index (κ2) is 9.83. The Labute approximate surface area is 170 Å². The van der Waals surface area contributed by atoms with E-state index in [1.165, 1.54) is 18.2 Å². The highest BCUT2D eigenvalue weighted by atomic mass is 16.5. The number of fused-ring (bicyclic) bond motifs is 2. The maximum atomic E-state index is 6.25. The Bertz CT molecular complexity index is 768. The monoisotopic (exact) mass is 385 g/mol. The van der Waals surface area contributed by atoms with E-state index in [0.717, 1.165) is 42.4 Å². The molecule has 28 heavy (non-hydrogen) atoms. The minimum absolute atomic E-state index is 0.124. The van der Waals surface area contributed by atoms with Crippen LogP contribution < -0.4 is 19.9 Å². The summed E-state index contributed by atoms with van der Waals surface area (Å²) in [6.07, 6.45) is 2.18. The van der Waals surface area contributed by atoms with E-state index in [9.17, 15) is 0 Å². The number of rotatable bonds is 7. The molecule has 1 heterocycles. The molecule has 4 heteroatoms. The maximum absolute atomic E-state index is 6.25. The van der Waals surface area contributed by atoms with Crippen LogP contribution in [0.15, 0.2) is 36.4 Å². The van der Waals surface area contributed by atoms with Crippen LogP contribution in [-0.2, 0) is 5.41 Å². The molecule has 0 fully saturated rings. The van der Waals surface area contributed by atoms with Crippen LogP contribution in [0.1, 0.15) is 58.6 Å². The SMILES string of the molecule is CCCCOc1ccc2c(c1)Oc1cc(OCC(C)C)ccc1C2(C)C.CN. The molecule has 4 nitrogen and oxygen atoms in total. The molecule has 0 amide bonds. The van der Waals surface area contributed by atoms with Crippen LogP contribution in [0.2, 0.25) is 0 Å². The lowest BCUT2D eigenvalue weighted by molar-refractivity contribution is 0.269. The fourth-order valence-corrected chi connectivity index (χ4v) is 3.25. The van der Waals surface area contributed by atoms with Gasteiger partial charge in [0.15, 0.2) is 0 Å². The summed E-state index contributed by atoms with van der Waals surface area (Å²) in [5, 5.41) is 0. The molecular weight excluding hydrogens is 350 g/mol. The molecule has 0 radical (unpaired) electrons. The van der Waals surface area contributed by atoms with E-state index in [0.29, 0.717) is 12.5 Å². The third-order valence-electron chi connectivity index (χ3n) is 4.82. The zero-order valence-electron chi connectivity index (χ0n) is 18.2. The first-order valence-corrected chi connectivity index (χ1v) is 10.2. The summed E-state index contributed by atoms with van der Waals surface area (Å²) in [7, 11) is 1.50. The van der Waals surface area contributed by atoms with E-state index < -0.39 is 0 Å². The van der Waals surface area contributed by atoms with Gasteiger partial charge in [0, 0.05) is 28.7 Å². The van der Waals surface area contributed by atoms with E-state index in [1.807, 2.05) is 24.3 Å². The van der Waals surface area contributed by atoms with E-state index in [-0.39, 0.29) is 5.41 Å². The molecule has 0 unspecified atom stereocenters. The van der Waals surface area contributed by atoms with E-state index in [4.69, 9.17) is 14.2 Å². The molecule has 2 aromatic rings. The van der Waals surface area contributed by atoms with Crippen molar-refractivity contribution in [2.24, 2.45) is 11.7 Å². The van der Waals surface area contributed by atoms with Gasteiger partial charge in [0.25, 0.3) is 0 Å². The van der Waals surface area contributed by atoms with E-state index >= 15 is 0 Å². The molecule has 154 valence electrons. The number of unbranched alkanes of at least 4 members (excludes halogenated alkanes) is 1. The third-order valence-corrected chi connectivity index (χ3v) is 4.82. The first-order chi connectivity index (χ1) is 13.4. The highest BCUT2D eigenvalue weighted by molar-refractivity contribution is 5.59. The Kier molecular flexibility index (Phi) is 7.76. The smallest absolute Gasteiger partial charge is 0.135 e. The van der Waals surface area contributed by atoms with Crippen molar-refractivity contribution in [2.45, 2.75) is 52.9 Å². The van der Waals surface area contributed by atoms with Crippen molar-refractivity contribution in [3.05, 3.63) is 47.5 Å². The van der Waals surface area contributed by atoms with Crippen LogP contribution in [0.5, 0.6) is 23.0 Å². The van der Waals surface area contributed by atoms with Gasteiger partial charge in [-0.3, -0.25) is 0 Å². The van der Waals surface area contributed by atoms with Crippen molar-refractivity contribution >= 4 is 0 Å². The van der Waals surface area contributed by atoms with Gasteiger partial charge in [-0.1, -0.05) is 53.2 Å². The summed E-state index contributed by atoms with van der Waals surface area (Å²) < 4.78 is 18.0. The van der Waals surface area contributed by atoms with Crippen molar-refractivity contribution in [1.82, 2.24) is 0 Å². The Balaban J connectivity index is 0.00000136. The van der Waals surface area contributed by atoms with Gasteiger partial charge in [0.2, 0.25) is 0 Å². The molecule has 0 saturated carbocycles. The van der Waals surface area contributed by atoms with Crippen molar-refractivity contribution in [1.29, 1.82) is 0 Å². The molecule has 3 rings (SSSR count). The standard InChI is InChI=1S/C23H30O3.CH5N/c1-6-7-12-24-17-8-10-19-21(13-17)26-22-14-18(25-15-16(2)3)9-11-20(22)23(19,4)5;1-2/h8-11,13-14,16H,6-7,12,15H2,1-5H3;2H2,1H3. The van der Waals surface area contributed by atoms with Crippen LogP contribution in [0, 0.1) is 5.92 Å². The molecule has 2 aromatic carbocycles. The zero-order chi connectivity index (χ0) is 20.7. The molecule has 2 N–H and O–H groups in total. The lowest BCUT2D eigenvalue weighted by Crippen LogP contribution is -2.24. The normalized spacial score (nSPS) is 13.6. The number of nitrogens with two attached hydrogens (primary N) is 1. The molecule has 0 aromatic heterocycles. The fraction of sp³-hybridized carbons (Fsp3) is 0.500. The summed E-state index contributed by atoms with van der Waals surface area (Å²) in [4.78, 5) is 0. The number of hydrogen-bond acceptors (Lipinski definition) is 4. The summed E-state index contributed by atoms with van der Waals surface area (Å²) in [5.74, 6) is 3.95. The average molecular weight is 386 g/mol. The van der Waals surface area contributed by atoms with Crippen molar-refractivity contribution in [2.75, 3.05) is 20.3 Å². The van der Waals surface area contributed by atoms with Crippen molar-refractivity contribution in [3.63, 3.8) is 0 Å². The Morgan fingerprint density at radius 1 is 0.929 bits per heavy atom. The van der Waals surface area contributed by atoms with Gasteiger partial charge in [-0.2, -0.15) is 0 Å².